The van der Waals surface area contributed by atoms with Crippen LogP contribution in [0.4, 0.5) is 0 Å². The number of rotatable bonds is 6. The van der Waals surface area contributed by atoms with Crippen molar-refractivity contribution in [1.29, 1.82) is 0 Å². The monoisotopic (exact) mass is 606 g/mol. The molecular weight excluding hydrogens is 564 g/mol. The molecule has 9 heteroatoms. The van der Waals surface area contributed by atoms with E-state index >= 15 is 0 Å². The van der Waals surface area contributed by atoms with Gasteiger partial charge in [-0.05, 0) is 86.5 Å². The van der Waals surface area contributed by atoms with E-state index in [0.29, 0.717) is 16.9 Å². The van der Waals surface area contributed by atoms with Crippen LogP contribution in [0.15, 0.2) is 69.8 Å². The van der Waals surface area contributed by atoms with E-state index in [1.807, 2.05) is 73.6 Å². The second-order valence-corrected chi connectivity index (χ2v) is 14.2. The molecule has 0 aromatic carbocycles. The van der Waals surface area contributed by atoms with Crippen molar-refractivity contribution in [3.8, 4) is 0 Å². The van der Waals surface area contributed by atoms with Crippen LogP contribution in [0.25, 0.3) is 0 Å². The summed E-state index contributed by atoms with van der Waals surface area (Å²) in [7, 11) is 2.96. The molecule has 236 valence electrons. The summed E-state index contributed by atoms with van der Waals surface area (Å²) in [5, 5.41) is 0. The average molecular weight is 607 g/mol. The van der Waals surface area contributed by atoms with Crippen LogP contribution in [0.5, 0.6) is 0 Å². The SMILES string of the molecule is COC1=C(CC=C(C)C)[C@]2(OC(=O)C3=C[C@]4(OC)C[C@H]5C(C)(C)OC(CC=C(C)C)(C4=O)[C@]35O2)C(=O)C2=C1C=CC(C)(C)O2. The summed E-state index contributed by atoms with van der Waals surface area (Å²) in [6.45, 7) is 15.2. The number of Topliss-reactive ketones (excluding diaryl/α,β-unsaturated/α-hetero) is 2. The van der Waals surface area contributed by atoms with Gasteiger partial charge >= 0.3 is 11.8 Å². The van der Waals surface area contributed by atoms with Gasteiger partial charge in [0.15, 0.2) is 11.4 Å². The zero-order valence-electron chi connectivity index (χ0n) is 27.3. The fourth-order valence-corrected chi connectivity index (χ4v) is 7.94. The molecule has 7 aliphatic rings. The van der Waals surface area contributed by atoms with Crippen molar-refractivity contribution in [3.05, 3.63) is 69.8 Å². The molecule has 1 saturated carbocycles. The first kappa shape index (κ1) is 30.7. The number of allylic oxidation sites excluding steroid dienone is 4. The quantitative estimate of drug-likeness (QED) is 0.295. The normalized spacial score (nSPS) is 37.3. The average Bonchev–Trinajstić information content (AvgIpc) is 3.10. The standard InChI is InChI=1S/C35H42O9/c1-19(2)11-12-22-25(39-9)21-14-15-30(5,6)41-26(21)27(36)35(22)42-28(37)23-17-32(40-10)18-24-31(7,8)43-33(29(32)38,16-13-20(3)4)34(23,24)44-35/h11,13-15,17,24H,12,16,18H2,1-10H3/t24-,32-,33?,34-,35+/m0/s1. The molecule has 4 bridgehead atoms. The van der Waals surface area contributed by atoms with Crippen molar-refractivity contribution >= 4 is 17.5 Å². The third-order valence-corrected chi connectivity index (χ3v) is 9.93. The summed E-state index contributed by atoms with van der Waals surface area (Å²) in [4.78, 5) is 44.1. The van der Waals surface area contributed by atoms with E-state index in [2.05, 4.69) is 0 Å². The Hall–Kier alpha value is -3.27. The number of hydrogen-bond acceptors (Lipinski definition) is 9. The Morgan fingerprint density at radius 3 is 2.27 bits per heavy atom. The van der Waals surface area contributed by atoms with Crippen molar-refractivity contribution in [3.63, 3.8) is 0 Å². The van der Waals surface area contributed by atoms with Gasteiger partial charge in [0.25, 0.3) is 5.78 Å². The van der Waals surface area contributed by atoms with E-state index in [1.165, 1.54) is 20.3 Å². The van der Waals surface area contributed by atoms with Crippen molar-refractivity contribution in [1.82, 2.24) is 0 Å². The molecule has 9 nitrogen and oxygen atoms in total. The van der Waals surface area contributed by atoms with Crippen LogP contribution < -0.4 is 0 Å². The summed E-state index contributed by atoms with van der Waals surface area (Å²) in [5.41, 5.74) is -3.70. The molecule has 1 unspecified atom stereocenters. The van der Waals surface area contributed by atoms with Crippen LogP contribution in [-0.4, -0.2) is 65.5 Å². The van der Waals surface area contributed by atoms with Gasteiger partial charge < -0.3 is 28.4 Å². The first-order chi connectivity index (χ1) is 20.5. The number of carbonyl (C=O) groups is 3. The van der Waals surface area contributed by atoms with E-state index < -0.39 is 51.5 Å². The van der Waals surface area contributed by atoms with Gasteiger partial charge in [-0.25, -0.2) is 4.79 Å². The highest BCUT2D eigenvalue weighted by molar-refractivity contribution is 6.12. The molecule has 2 saturated heterocycles. The number of methoxy groups -OCH3 is 2. The topological polar surface area (TPSA) is 107 Å². The zero-order valence-corrected chi connectivity index (χ0v) is 27.3. The number of ketones is 2. The predicted molar refractivity (Wildman–Crippen MR) is 160 cm³/mol. The highest BCUT2D eigenvalue weighted by atomic mass is 16.8. The van der Waals surface area contributed by atoms with Crippen molar-refractivity contribution in [2.75, 3.05) is 14.2 Å². The summed E-state index contributed by atoms with van der Waals surface area (Å²) < 4.78 is 38.3. The van der Waals surface area contributed by atoms with Gasteiger partial charge in [-0.2, -0.15) is 0 Å². The second kappa shape index (κ2) is 9.37. The van der Waals surface area contributed by atoms with E-state index in [0.717, 1.165) is 11.1 Å². The molecule has 0 amide bonds. The molecule has 0 aromatic rings. The minimum atomic E-state index is -2.28. The van der Waals surface area contributed by atoms with Gasteiger partial charge in [-0.1, -0.05) is 23.3 Å². The maximum atomic E-state index is 14.9. The lowest BCUT2D eigenvalue weighted by molar-refractivity contribution is -0.297. The zero-order chi connectivity index (χ0) is 32.3. The van der Waals surface area contributed by atoms with Gasteiger partial charge in [-0.3, -0.25) is 9.59 Å². The molecule has 2 spiro atoms. The Kier molecular flexibility index (Phi) is 6.55. The Morgan fingerprint density at radius 2 is 1.66 bits per heavy atom. The predicted octanol–water partition coefficient (Wildman–Crippen LogP) is 5.27. The fourth-order valence-electron chi connectivity index (χ4n) is 7.94. The molecule has 3 aliphatic heterocycles. The van der Waals surface area contributed by atoms with E-state index in [9.17, 15) is 14.4 Å². The maximum Gasteiger partial charge on any atom is 0.340 e. The molecule has 0 aromatic heterocycles. The summed E-state index contributed by atoms with van der Waals surface area (Å²) in [6.07, 6.45) is 9.49. The third kappa shape index (κ3) is 3.72. The van der Waals surface area contributed by atoms with Crippen LogP contribution >= 0.6 is 0 Å². The van der Waals surface area contributed by atoms with E-state index in [-0.39, 0.29) is 36.4 Å². The Bertz CT molecular complexity index is 1570. The molecule has 4 aliphatic carbocycles. The molecule has 44 heavy (non-hydrogen) atoms. The van der Waals surface area contributed by atoms with Gasteiger partial charge in [0.1, 0.15) is 22.6 Å². The van der Waals surface area contributed by atoms with Crippen molar-refractivity contribution < 1.29 is 42.8 Å². The van der Waals surface area contributed by atoms with Crippen LogP contribution in [0.2, 0.25) is 0 Å². The number of carbonyl (C=O) groups excluding carboxylic acids is 3. The highest BCUT2D eigenvalue weighted by Gasteiger charge is 2.86. The van der Waals surface area contributed by atoms with Gasteiger partial charge in [0.2, 0.25) is 5.78 Å². The molecule has 3 fully saturated rings. The van der Waals surface area contributed by atoms with Gasteiger partial charge in [0, 0.05) is 19.4 Å². The van der Waals surface area contributed by atoms with Crippen molar-refractivity contribution in [2.24, 2.45) is 5.92 Å². The second-order valence-electron chi connectivity index (χ2n) is 14.2. The molecule has 3 heterocycles. The maximum absolute atomic E-state index is 14.9. The molecule has 0 N–H and O–H groups in total. The van der Waals surface area contributed by atoms with Crippen molar-refractivity contribution in [2.45, 2.75) is 108 Å². The lowest BCUT2D eigenvalue weighted by Crippen LogP contribution is -2.79. The van der Waals surface area contributed by atoms with Gasteiger partial charge in [-0.15, -0.1) is 0 Å². The minimum absolute atomic E-state index is 0.0259. The van der Waals surface area contributed by atoms with Gasteiger partial charge in [0.05, 0.1) is 29.4 Å². The Morgan fingerprint density at radius 1 is 0.977 bits per heavy atom. The lowest BCUT2D eigenvalue weighted by Gasteiger charge is -2.61. The smallest absolute Gasteiger partial charge is 0.340 e. The molecule has 5 atom stereocenters. The highest BCUT2D eigenvalue weighted by Crippen LogP contribution is 2.70. The summed E-state index contributed by atoms with van der Waals surface area (Å²) in [5.74, 6) is -4.33. The number of ether oxygens (including phenoxy) is 6. The first-order valence-corrected chi connectivity index (χ1v) is 15.1. The summed E-state index contributed by atoms with van der Waals surface area (Å²) >= 11 is 0. The first-order valence-electron chi connectivity index (χ1n) is 15.1. The fraction of sp³-hybridized carbons (Fsp3) is 0.571. The lowest BCUT2D eigenvalue weighted by atomic mass is 9.50. The summed E-state index contributed by atoms with van der Waals surface area (Å²) in [6, 6.07) is 0. The van der Waals surface area contributed by atoms with Crippen LogP contribution in [0, 0.1) is 5.92 Å². The van der Waals surface area contributed by atoms with E-state index in [4.69, 9.17) is 28.4 Å². The molecule has 0 radical (unpaired) electrons. The Balaban J connectivity index is 1.67. The minimum Gasteiger partial charge on any atom is -0.496 e. The third-order valence-electron chi connectivity index (χ3n) is 9.93. The number of hydrogen-bond donors (Lipinski definition) is 0. The van der Waals surface area contributed by atoms with Crippen LogP contribution in [-0.2, 0) is 42.8 Å². The largest absolute Gasteiger partial charge is 0.496 e. The Labute approximate surface area is 258 Å². The molecular formula is C35H42O9. The van der Waals surface area contributed by atoms with Crippen LogP contribution in [0.3, 0.4) is 0 Å². The number of esters is 1. The van der Waals surface area contributed by atoms with E-state index in [1.54, 1.807) is 6.08 Å². The van der Waals surface area contributed by atoms with Crippen LogP contribution in [0.1, 0.15) is 74.7 Å². The molecule has 7 rings (SSSR count).